The summed E-state index contributed by atoms with van der Waals surface area (Å²) in [6.07, 6.45) is 2.35. The molecule has 1 N–H and O–H groups in total. The summed E-state index contributed by atoms with van der Waals surface area (Å²) >= 11 is 0. The maximum Gasteiger partial charge on any atom is 0.282 e. The Labute approximate surface area is 92.3 Å². The highest BCUT2D eigenvalue weighted by Crippen LogP contribution is 2.32. The lowest BCUT2D eigenvalue weighted by Gasteiger charge is -2.23. The van der Waals surface area contributed by atoms with Crippen molar-refractivity contribution >= 4 is 0 Å². The van der Waals surface area contributed by atoms with E-state index in [1.165, 1.54) is 4.68 Å². The molecule has 0 unspecified atom stereocenters. The molecule has 6 heteroatoms. The summed E-state index contributed by atoms with van der Waals surface area (Å²) in [5.74, 6) is 0. The SMILES string of the molecule is OCc1nnn(C2CCCCC2)c1C(F)F. The molecule has 0 spiro atoms. The lowest BCUT2D eigenvalue weighted by atomic mass is 9.95. The molecule has 2 rings (SSSR count). The Kier molecular flexibility index (Phi) is 3.48. The average molecular weight is 231 g/mol. The number of halogens is 2. The van der Waals surface area contributed by atoms with Crippen molar-refractivity contribution in [3.63, 3.8) is 0 Å². The van der Waals surface area contributed by atoms with E-state index in [0.717, 1.165) is 32.1 Å². The third kappa shape index (κ3) is 2.07. The normalized spacial score (nSPS) is 18.2. The minimum atomic E-state index is -2.63. The van der Waals surface area contributed by atoms with E-state index < -0.39 is 13.0 Å². The van der Waals surface area contributed by atoms with Gasteiger partial charge in [-0.2, -0.15) is 0 Å². The molecule has 90 valence electrons. The van der Waals surface area contributed by atoms with Crippen LogP contribution in [0.3, 0.4) is 0 Å². The van der Waals surface area contributed by atoms with Gasteiger partial charge in [-0.25, -0.2) is 13.5 Å². The number of nitrogens with zero attached hydrogens (tertiary/aromatic N) is 3. The number of aliphatic hydroxyl groups is 1. The number of hydrogen-bond acceptors (Lipinski definition) is 3. The lowest BCUT2D eigenvalue weighted by Crippen LogP contribution is -2.17. The van der Waals surface area contributed by atoms with Crippen LogP contribution in [0.5, 0.6) is 0 Å². The molecule has 16 heavy (non-hydrogen) atoms. The summed E-state index contributed by atoms with van der Waals surface area (Å²) in [4.78, 5) is 0. The van der Waals surface area contributed by atoms with Crippen LogP contribution in [-0.4, -0.2) is 20.1 Å². The van der Waals surface area contributed by atoms with Crippen molar-refractivity contribution in [2.24, 2.45) is 0 Å². The highest BCUT2D eigenvalue weighted by molar-refractivity contribution is 5.11. The van der Waals surface area contributed by atoms with Gasteiger partial charge in [-0.1, -0.05) is 24.5 Å². The minimum Gasteiger partial charge on any atom is -0.390 e. The van der Waals surface area contributed by atoms with Crippen molar-refractivity contribution in [1.82, 2.24) is 15.0 Å². The first-order chi connectivity index (χ1) is 7.74. The third-order valence-electron chi connectivity index (χ3n) is 3.08. The molecule has 1 aromatic rings. The Bertz CT molecular complexity index is 348. The van der Waals surface area contributed by atoms with Crippen molar-refractivity contribution < 1.29 is 13.9 Å². The second kappa shape index (κ2) is 4.86. The van der Waals surface area contributed by atoms with Crippen LogP contribution in [0.25, 0.3) is 0 Å². The van der Waals surface area contributed by atoms with Gasteiger partial charge >= 0.3 is 0 Å². The molecule has 1 saturated carbocycles. The molecule has 1 fully saturated rings. The van der Waals surface area contributed by atoms with Crippen LogP contribution in [0, 0.1) is 0 Å². The number of hydrogen-bond donors (Lipinski definition) is 1. The Morgan fingerprint density at radius 2 is 2.00 bits per heavy atom. The second-order valence-corrected chi connectivity index (χ2v) is 4.12. The van der Waals surface area contributed by atoms with Crippen molar-refractivity contribution in [1.29, 1.82) is 0 Å². The molecule has 0 saturated heterocycles. The molecule has 1 aliphatic rings. The maximum atomic E-state index is 12.9. The fourth-order valence-electron chi connectivity index (χ4n) is 2.27. The van der Waals surface area contributed by atoms with Crippen LogP contribution in [0.2, 0.25) is 0 Å². The van der Waals surface area contributed by atoms with Gasteiger partial charge < -0.3 is 5.11 Å². The standard InChI is InChI=1S/C10H15F2N3O/c11-10(12)9-8(6-16)13-14-15(9)7-4-2-1-3-5-7/h7,10,16H,1-6H2. The summed E-state index contributed by atoms with van der Waals surface area (Å²) in [7, 11) is 0. The van der Waals surface area contributed by atoms with E-state index in [2.05, 4.69) is 10.3 Å². The van der Waals surface area contributed by atoms with Gasteiger partial charge in [0.25, 0.3) is 6.43 Å². The summed E-state index contributed by atoms with van der Waals surface area (Å²) in [6, 6.07) is 0.0190. The van der Waals surface area contributed by atoms with Gasteiger partial charge in [-0.05, 0) is 12.8 Å². The van der Waals surface area contributed by atoms with E-state index in [0.29, 0.717) is 0 Å². The zero-order valence-corrected chi connectivity index (χ0v) is 8.94. The van der Waals surface area contributed by atoms with E-state index in [1.54, 1.807) is 0 Å². The summed E-state index contributed by atoms with van der Waals surface area (Å²) in [5, 5.41) is 16.3. The van der Waals surface area contributed by atoms with Crippen molar-refractivity contribution in [2.45, 2.75) is 51.2 Å². The van der Waals surface area contributed by atoms with Crippen molar-refractivity contribution in [3.05, 3.63) is 11.4 Å². The topological polar surface area (TPSA) is 50.9 Å². The zero-order valence-electron chi connectivity index (χ0n) is 8.94. The molecular weight excluding hydrogens is 216 g/mol. The van der Waals surface area contributed by atoms with Crippen LogP contribution >= 0.6 is 0 Å². The Morgan fingerprint density at radius 3 is 2.56 bits per heavy atom. The first-order valence-electron chi connectivity index (χ1n) is 5.57. The van der Waals surface area contributed by atoms with Gasteiger partial charge in [0.05, 0.1) is 12.6 Å². The molecule has 1 heterocycles. The Balaban J connectivity index is 2.28. The highest BCUT2D eigenvalue weighted by Gasteiger charge is 2.26. The number of alkyl halides is 2. The van der Waals surface area contributed by atoms with E-state index in [1.807, 2.05) is 0 Å². The first-order valence-corrected chi connectivity index (χ1v) is 5.57. The van der Waals surface area contributed by atoms with Crippen LogP contribution < -0.4 is 0 Å². The summed E-state index contributed by atoms with van der Waals surface area (Å²) in [5.41, 5.74) is -0.213. The fourth-order valence-corrected chi connectivity index (χ4v) is 2.27. The molecular formula is C10H15F2N3O. The fraction of sp³-hybridized carbons (Fsp3) is 0.800. The van der Waals surface area contributed by atoms with E-state index in [9.17, 15) is 8.78 Å². The van der Waals surface area contributed by atoms with Gasteiger partial charge in [0.2, 0.25) is 0 Å². The summed E-state index contributed by atoms with van der Waals surface area (Å²) in [6.45, 7) is -0.480. The molecule has 0 aromatic carbocycles. The second-order valence-electron chi connectivity index (χ2n) is 4.12. The van der Waals surface area contributed by atoms with Gasteiger partial charge in [-0.3, -0.25) is 0 Å². The molecule has 0 aliphatic heterocycles. The molecule has 1 aromatic heterocycles. The van der Waals surface area contributed by atoms with E-state index in [-0.39, 0.29) is 17.4 Å². The van der Waals surface area contributed by atoms with Gasteiger partial charge in [0.15, 0.2) is 0 Å². The smallest absolute Gasteiger partial charge is 0.282 e. The van der Waals surface area contributed by atoms with Crippen LogP contribution in [-0.2, 0) is 6.61 Å². The van der Waals surface area contributed by atoms with Gasteiger partial charge in [0.1, 0.15) is 11.4 Å². The van der Waals surface area contributed by atoms with E-state index >= 15 is 0 Å². The average Bonchev–Trinajstić information content (AvgIpc) is 2.73. The molecule has 0 amide bonds. The highest BCUT2D eigenvalue weighted by atomic mass is 19.3. The monoisotopic (exact) mass is 231 g/mol. The minimum absolute atomic E-state index is 0.000531. The van der Waals surface area contributed by atoms with Crippen molar-refractivity contribution in [3.8, 4) is 0 Å². The largest absolute Gasteiger partial charge is 0.390 e. The third-order valence-corrected chi connectivity index (χ3v) is 3.08. The van der Waals surface area contributed by atoms with Crippen molar-refractivity contribution in [2.75, 3.05) is 0 Å². The Morgan fingerprint density at radius 1 is 1.31 bits per heavy atom. The molecule has 0 atom stereocenters. The maximum absolute atomic E-state index is 12.9. The van der Waals surface area contributed by atoms with Crippen LogP contribution in [0.15, 0.2) is 0 Å². The quantitative estimate of drug-likeness (QED) is 0.867. The molecule has 0 radical (unpaired) electrons. The molecule has 4 nitrogen and oxygen atoms in total. The number of aromatic nitrogens is 3. The number of aliphatic hydroxyl groups excluding tert-OH is 1. The molecule has 1 aliphatic carbocycles. The molecule has 0 bridgehead atoms. The van der Waals surface area contributed by atoms with Crippen LogP contribution in [0.1, 0.15) is 56.0 Å². The first kappa shape index (κ1) is 11.4. The zero-order chi connectivity index (χ0) is 11.5. The van der Waals surface area contributed by atoms with Gasteiger partial charge in [-0.15, -0.1) is 5.10 Å². The Hall–Kier alpha value is -1.04. The van der Waals surface area contributed by atoms with Crippen LogP contribution in [0.4, 0.5) is 8.78 Å². The predicted octanol–water partition coefficient (Wildman–Crippen LogP) is 2.21. The predicted molar refractivity (Wildman–Crippen MR) is 53.0 cm³/mol. The van der Waals surface area contributed by atoms with Gasteiger partial charge in [0, 0.05) is 0 Å². The lowest BCUT2D eigenvalue weighted by molar-refractivity contribution is 0.128. The number of rotatable bonds is 3. The summed E-state index contributed by atoms with van der Waals surface area (Å²) < 4.78 is 27.0. The van der Waals surface area contributed by atoms with E-state index in [4.69, 9.17) is 5.11 Å².